The maximum atomic E-state index is 13.4. The first-order valence-corrected chi connectivity index (χ1v) is 10.4. The number of nitrogens with zero attached hydrogens (tertiary/aromatic N) is 1. The third-order valence-electron chi connectivity index (χ3n) is 3.70. The molecule has 152 valence electrons. The zero-order valence-electron chi connectivity index (χ0n) is 14.7. The second-order valence-corrected chi connectivity index (χ2v) is 8.54. The monoisotopic (exact) mass is 436 g/mol. The smallest absolute Gasteiger partial charge is 0.324 e. The van der Waals surface area contributed by atoms with Crippen molar-refractivity contribution in [3.8, 4) is 0 Å². The minimum atomic E-state index is -5.05. The van der Waals surface area contributed by atoms with Gasteiger partial charge in [0.15, 0.2) is 0 Å². The fraction of sp³-hybridized carbons (Fsp3) is 0.235. The summed E-state index contributed by atoms with van der Waals surface area (Å²) in [6.07, 6.45) is -3.25. The summed E-state index contributed by atoms with van der Waals surface area (Å²) in [6, 6.07) is 8.21. The summed E-state index contributed by atoms with van der Waals surface area (Å²) < 4.78 is 77.4. The fourth-order valence-corrected chi connectivity index (χ4v) is 3.99. The summed E-state index contributed by atoms with van der Waals surface area (Å²) in [6.45, 7) is -0.635. The molecule has 0 radical (unpaired) electrons. The van der Waals surface area contributed by atoms with E-state index in [4.69, 9.17) is 0 Å². The molecule has 0 heterocycles. The van der Waals surface area contributed by atoms with Gasteiger partial charge >= 0.3 is 6.18 Å². The minimum absolute atomic E-state index is 0.210. The van der Waals surface area contributed by atoms with Crippen LogP contribution in [-0.4, -0.2) is 38.5 Å². The molecule has 2 rings (SSSR count). The van der Waals surface area contributed by atoms with Crippen LogP contribution in [0.2, 0.25) is 0 Å². The highest BCUT2D eigenvalue weighted by atomic mass is 32.2. The highest BCUT2D eigenvalue weighted by Crippen LogP contribution is 2.33. The number of amides is 1. The van der Waals surface area contributed by atoms with Crippen LogP contribution in [0.5, 0.6) is 0 Å². The number of sulfonamides is 1. The molecule has 0 spiro atoms. The van der Waals surface area contributed by atoms with Gasteiger partial charge in [-0.15, -0.1) is 11.8 Å². The lowest BCUT2D eigenvalue weighted by Gasteiger charge is -2.18. The Morgan fingerprint density at radius 2 is 1.82 bits per heavy atom. The van der Waals surface area contributed by atoms with Crippen molar-refractivity contribution in [2.75, 3.05) is 25.2 Å². The Hall–Kier alpha value is -2.11. The molecule has 0 saturated heterocycles. The molecule has 2 aromatic rings. The third-order valence-corrected chi connectivity index (χ3v) is 6.29. The number of hydrogen-bond donors (Lipinski definition) is 1. The molecule has 0 fully saturated rings. The van der Waals surface area contributed by atoms with Crippen LogP contribution in [0.3, 0.4) is 0 Å². The van der Waals surface area contributed by atoms with Crippen LogP contribution in [-0.2, 0) is 21.0 Å². The van der Waals surface area contributed by atoms with Gasteiger partial charge in [0.2, 0.25) is 15.9 Å². The first kappa shape index (κ1) is 22.2. The van der Waals surface area contributed by atoms with Crippen molar-refractivity contribution >= 4 is 33.4 Å². The van der Waals surface area contributed by atoms with Gasteiger partial charge in [-0.1, -0.05) is 12.1 Å². The van der Waals surface area contributed by atoms with Crippen LogP contribution in [0.1, 0.15) is 5.56 Å². The van der Waals surface area contributed by atoms with E-state index in [2.05, 4.69) is 5.32 Å². The van der Waals surface area contributed by atoms with Crippen LogP contribution in [0.4, 0.5) is 23.2 Å². The molecule has 0 aromatic heterocycles. The summed E-state index contributed by atoms with van der Waals surface area (Å²) in [5.41, 5.74) is -1.22. The number of halogens is 4. The number of hydrogen-bond acceptors (Lipinski definition) is 4. The molecule has 11 heteroatoms. The highest BCUT2D eigenvalue weighted by Gasteiger charge is 2.36. The molecule has 0 aliphatic carbocycles. The number of para-hydroxylation sites is 1. The second-order valence-electron chi connectivity index (χ2n) is 5.65. The lowest BCUT2D eigenvalue weighted by Crippen LogP contribution is -2.35. The highest BCUT2D eigenvalue weighted by molar-refractivity contribution is 7.98. The van der Waals surface area contributed by atoms with Gasteiger partial charge in [-0.3, -0.25) is 4.79 Å². The zero-order valence-corrected chi connectivity index (χ0v) is 16.4. The maximum Gasteiger partial charge on any atom is 0.419 e. The van der Waals surface area contributed by atoms with Crippen molar-refractivity contribution in [1.29, 1.82) is 0 Å². The van der Waals surface area contributed by atoms with Gasteiger partial charge in [-0.25, -0.2) is 12.8 Å². The van der Waals surface area contributed by atoms with Gasteiger partial charge < -0.3 is 5.32 Å². The van der Waals surface area contributed by atoms with E-state index in [1.165, 1.54) is 11.8 Å². The molecule has 0 unspecified atom stereocenters. The van der Waals surface area contributed by atoms with E-state index >= 15 is 0 Å². The fourth-order valence-electron chi connectivity index (χ4n) is 2.29. The van der Waals surface area contributed by atoms with E-state index in [0.29, 0.717) is 16.1 Å². The van der Waals surface area contributed by atoms with Crippen LogP contribution < -0.4 is 5.32 Å². The summed E-state index contributed by atoms with van der Waals surface area (Å²) >= 11 is 1.38. The largest absolute Gasteiger partial charge is 0.419 e. The van der Waals surface area contributed by atoms with Crippen molar-refractivity contribution in [2.24, 2.45) is 0 Å². The van der Waals surface area contributed by atoms with Gasteiger partial charge in [0.05, 0.1) is 22.7 Å². The molecule has 2 aromatic carbocycles. The minimum Gasteiger partial charge on any atom is -0.324 e. The topological polar surface area (TPSA) is 66.5 Å². The Kier molecular flexibility index (Phi) is 6.73. The number of thioether (sulfide) groups is 1. The number of likely N-dealkylation sites (N-methyl/N-ethyl adjacent to an activating group) is 1. The van der Waals surface area contributed by atoms with E-state index in [1.807, 2.05) is 0 Å². The normalized spacial score (nSPS) is 12.2. The molecular weight excluding hydrogens is 420 g/mol. The quantitative estimate of drug-likeness (QED) is 0.552. The third kappa shape index (κ3) is 5.03. The first-order chi connectivity index (χ1) is 13.0. The Labute approximate surface area is 163 Å². The Morgan fingerprint density at radius 3 is 2.43 bits per heavy atom. The lowest BCUT2D eigenvalue weighted by atomic mass is 10.2. The predicted octanol–water partition coefficient (Wildman–Crippen LogP) is 3.83. The molecule has 0 atom stereocenters. The summed E-state index contributed by atoms with van der Waals surface area (Å²) in [5, 5.41) is 2.55. The number of rotatable bonds is 6. The van der Waals surface area contributed by atoms with E-state index in [9.17, 15) is 30.8 Å². The van der Waals surface area contributed by atoms with Gasteiger partial charge in [-0.2, -0.15) is 17.5 Å². The number of carbonyl (C=O) groups excluding carboxylic acids is 1. The van der Waals surface area contributed by atoms with Crippen molar-refractivity contribution in [3.63, 3.8) is 0 Å². The average Bonchev–Trinajstić information content (AvgIpc) is 2.61. The van der Waals surface area contributed by atoms with Crippen molar-refractivity contribution in [2.45, 2.75) is 16.0 Å². The molecule has 28 heavy (non-hydrogen) atoms. The predicted molar refractivity (Wildman–Crippen MR) is 98.1 cm³/mol. The molecule has 5 nitrogen and oxygen atoms in total. The molecule has 0 bridgehead atoms. The summed E-state index contributed by atoms with van der Waals surface area (Å²) in [5.74, 6) is -2.26. The van der Waals surface area contributed by atoms with Crippen LogP contribution in [0.25, 0.3) is 0 Å². The molecule has 0 aliphatic heterocycles. The van der Waals surface area contributed by atoms with E-state index in [0.717, 1.165) is 18.0 Å². The zero-order chi connectivity index (χ0) is 21.1. The molecule has 1 amide bonds. The van der Waals surface area contributed by atoms with Crippen LogP contribution in [0, 0.1) is 5.82 Å². The number of benzene rings is 2. The molecule has 0 saturated carbocycles. The Bertz CT molecular complexity index is 979. The van der Waals surface area contributed by atoms with Crippen LogP contribution >= 0.6 is 11.8 Å². The van der Waals surface area contributed by atoms with E-state index < -0.39 is 44.9 Å². The van der Waals surface area contributed by atoms with Crippen molar-refractivity contribution in [1.82, 2.24) is 4.31 Å². The van der Waals surface area contributed by atoms with Gasteiger partial charge in [0.1, 0.15) is 5.82 Å². The summed E-state index contributed by atoms with van der Waals surface area (Å²) in [7, 11) is -3.39. The molecular formula is C17H16F4N2O3S2. The van der Waals surface area contributed by atoms with Gasteiger partial charge in [0, 0.05) is 11.9 Å². The summed E-state index contributed by atoms with van der Waals surface area (Å²) in [4.78, 5) is 12.2. The van der Waals surface area contributed by atoms with Crippen molar-refractivity contribution < 1.29 is 30.8 Å². The van der Waals surface area contributed by atoms with E-state index in [-0.39, 0.29) is 6.07 Å². The standard InChI is InChI=1S/C17H16F4N2O3S2/c1-23(10-16(24)22-14-5-3-4-6-15(14)27-2)28(25,26)11-7-8-13(18)12(9-11)17(19,20)21/h3-9H,10H2,1-2H3,(H,22,24). The number of nitrogens with one attached hydrogen (secondary N) is 1. The number of alkyl halides is 3. The van der Waals surface area contributed by atoms with Gasteiger partial charge in [-0.05, 0) is 36.6 Å². The molecule has 0 aliphatic rings. The van der Waals surface area contributed by atoms with Crippen molar-refractivity contribution in [3.05, 3.63) is 53.8 Å². The number of carbonyl (C=O) groups is 1. The number of anilines is 1. The van der Waals surface area contributed by atoms with E-state index in [1.54, 1.807) is 30.5 Å². The lowest BCUT2D eigenvalue weighted by molar-refractivity contribution is -0.140. The maximum absolute atomic E-state index is 13.4. The molecule has 1 N–H and O–H groups in total. The average molecular weight is 436 g/mol. The first-order valence-electron chi connectivity index (χ1n) is 7.72. The SMILES string of the molecule is CSc1ccccc1NC(=O)CN(C)S(=O)(=O)c1ccc(F)c(C(F)(F)F)c1. The van der Waals surface area contributed by atoms with Crippen LogP contribution in [0.15, 0.2) is 52.3 Å². The second kappa shape index (κ2) is 8.50. The van der Waals surface area contributed by atoms with Gasteiger partial charge in [0.25, 0.3) is 0 Å². The Balaban J connectivity index is 2.21. The Morgan fingerprint density at radius 1 is 1.18 bits per heavy atom.